The number of thioether (sulfide) groups is 1. The fourth-order valence-corrected chi connectivity index (χ4v) is 2.22. The maximum absolute atomic E-state index is 5.38. The first-order chi connectivity index (χ1) is 4.93. The first-order valence-electron chi connectivity index (χ1n) is 3.92. The largest absolute Gasteiger partial charge is 0.330 e. The van der Waals surface area contributed by atoms with Gasteiger partial charge in [-0.2, -0.15) is 11.8 Å². The molecule has 1 rings (SSSR count). The van der Waals surface area contributed by atoms with Crippen molar-refractivity contribution in [3.8, 4) is 0 Å². The van der Waals surface area contributed by atoms with Gasteiger partial charge in [-0.05, 0) is 31.6 Å². The summed E-state index contributed by atoms with van der Waals surface area (Å²) in [6.45, 7) is 0.837. The molecule has 0 heterocycles. The zero-order valence-electron chi connectivity index (χ0n) is 6.25. The van der Waals surface area contributed by atoms with Gasteiger partial charge in [0.25, 0.3) is 0 Å². The third-order valence-corrected chi connectivity index (χ3v) is 2.99. The Morgan fingerprint density at radius 2 is 2.50 bits per heavy atom. The summed E-state index contributed by atoms with van der Waals surface area (Å²) >= 11 is 2.04. The fraction of sp³-hybridized carbons (Fsp3) is 0.750. The molecule has 10 heavy (non-hydrogen) atoms. The molecule has 1 aliphatic rings. The first kappa shape index (κ1) is 8.15. The average molecular weight is 157 g/mol. The molecule has 0 aromatic rings. The van der Waals surface area contributed by atoms with E-state index >= 15 is 0 Å². The third kappa shape index (κ3) is 2.76. The molecule has 0 aromatic carbocycles. The molecule has 0 bridgehead atoms. The lowest BCUT2D eigenvalue weighted by Crippen LogP contribution is -2.02. The molecule has 58 valence electrons. The Morgan fingerprint density at radius 1 is 1.60 bits per heavy atom. The summed E-state index contributed by atoms with van der Waals surface area (Å²) < 4.78 is 0. The molecule has 0 spiro atoms. The predicted octanol–water partition coefficient (Wildman–Crippen LogP) is 1.79. The van der Waals surface area contributed by atoms with E-state index in [1.807, 2.05) is 11.8 Å². The van der Waals surface area contributed by atoms with Crippen LogP contribution in [0, 0.1) is 0 Å². The summed E-state index contributed by atoms with van der Waals surface area (Å²) in [6, 6.07) is 0. The summed E-state index contributed by atoms with van der Waals surface area (Å²) in [5.41, 5.74) is 5.38. The molecule has 2 heteroatoms. The zero-order chi connectivity index (χ0) is 7.23. The van der Waals surface area contributed by atoms with Gasteiger partial charge in [-0.15, -0.1) is 0 Å². The van der Waals surface area contributed by atoms with E-state index in [9.17, 15) is 0 Å². The van der Waals surface area contributed by atoms with E-state index in [-0.39, 0.29) is 0 Å². The van der Waals surface area contributed by atoms with Crippen molar-refractivity contribution in [2.75, 3.05) is 12.3 Å². The zero-order valence-corrected chi connectivity index (χ0v) is 7.07. The molecular weight excluding hydrogens is 142 g/mol. The van der Waals surface area contributed by atoms with Crippen LogP contribution < -0.4 is 5.73 Å². The smallest absolute Gasteiger partial charge is 0.0230 e. The van der Waals surface area contributed by atoms with Crippen LogP contribution in [0.1, 0.15) is 19.3 Å². The lowest BCUT2D eigenvalue weighted by atomic mass is 10.4. The summed E-state index contributed by atoms with van der Waals surface area (Å²) in [5.74, 6) is 1.23. The minimum Gasteiger partial charge on any atom is -0.330 e. The van der Waals surface area contributed by atoms with Crippen molar-refractivity contribution in [1.29, 1.82) is 0 Å². The number of hydrogen-bond donors (Lipinski definition) is 1. The highest BCUT2D eigenvalue weighted by molar-refractivity contribution is 8.00. The van der Waals surface area contributed by atoms with Gasteiger partial charge in [0.2, 0.25) is 0 Å². The number of allylic oxidation sites excluding steroid dienone is 1. The molecule has 2 N–H and O–H groups in total. The second kappa shape index (κ2) is 4.80. The van der Waals surface area contributed by atoms with E-state index < -0.39 is 0 Å². The Hall–Kier alpha value is 0.0500. The van der Waals surface area contributed by atoms with Crippen LogP contribution in [0.2, 0.25) is 0 Å². The van der Waals surface area contributed by atoms with E-state index in [0.29, 0.717) is 0 Å². The van der Waals surface area contributed by atoms with Crippen LogP contribution in [0.15, 0.2) is 12.2 Å². The van der Waals surface area contributed by atoms with Gasteiger partial charge in [0.15, 0.2) is 0 Å². The predicted molar refractivity (Wildman–Crippen MR) is 48.3 cm³/mol. The van der Waals surface area contributed by atoms with E-state index in [4.69, 9.17) is 5.73 Å². The van der Waals surface area contributed by atoms with Gasteiger partial charge in [0.1, 0.15) is 0 Å². The maximum Gasteiger partial charge on any atom is 0.0230 e. The van der Waals surface area contributed by atoms with E-state index in [1.54, 1.807) is 0 Å². The summed E-state index contributed by atoms with van der Waals surface area (Å²) in [5, 5.41) is 0.798. The Morgan fingerprint density at radius 3 is 3.10 bits per heavy atom. The van der Waals surface area contributed by atoms with Gasteiger partial charge in [0, 0.05) is 5.25 Å². The highest BCUT2D eigenvalue weighted by atomic mass is 32.2. The van der Waals surface area contributed by atoms with Crippen molar-refractivity contribution in [2.24, 2.45) is 5.73 Å². The summed E-state index contributed by atoms with van der Waals surface area (Å²) in [7, 11) is 0. The number of nitrogens with two attached hydrogens (primary N) is 1. The minimum absolute atomic E-state index is 0.798. The van der Waals surface area contributed by atoms with Gasteiger partial charge in [-0.1, -0.05) is 12.2 Å². The molecule has 1 unspecified atom stereocenters. The summed E-state index contributed by atoms with van der Waals surface area (Å²) in [6.07, 6.45) is 8.38. The molecule has 0 amide bonds. The van der Waals surface area contributed by atoms with Crippen molar-refractivity contribution in [2.45, 2.75) is 24.5 Å². The number of rotatable bonds is 4. The molecule has 0 saturated carbocycles. The SMILES string of the molecule is NCCCSC1C=CCC1. The van der Waals surface area contributed by atoms with Crippen LogP contribution in [0.4, 0.5) is 0 Å². The fourth-order valence-electron chi connectivity index (χ4n) is 1.06. The molecule has 0 fully saturated rings. The van der Waals surface area contributed by atoms with Crippen LogP contribution in [0.3, 0.4) is 0 Å². The van der Waals surface area contributed by atoms with Crippen LogP contribution in [-0.2, 0) is 0 Å². The molecule has 1 nitrogen and oxygen atoms in total. The van der Waals surface area contributed by atoms with E-state index in [0.717, 1.165) is 18.2 Å². The third-order valence-electron chi connectivity index (χ3n) is 1.65. The molecule has 0 aliphatic heterocycles. The van der Waals surface area contributed by atoms with Crippen LogP contribution in [0.5, 0.6) is 0 Å². The molecule has 1 aliphatic carbocycles. The van der Waals surface area contributed by atoms with E-state index in [2.05, 4.69) is 12.2 Å². The highest BCUT2D eigenvalue weighted by Crippen LogP contribution is 2.23. The van der Waals surface area contributed by atoms with Gasteiger partial charge in [-0.25, -0.2) is 0 Å². The minimum atomic E-state index is 0.798. The molecular formula is C8H15NS. The van der Waals surface area contributed by atoms with Crippen molar-refractivity contribution >= 4 is 11.8 Å². The monoisotopic (exact) mass is 157 g/mol. The maximum atomic E-state index is 5.38. The second-order valence-corrected chi connectivity index (χ2v) is 3.90. The molecule has 0 saturated heterocycles. The number of hydrogen-bond acceptors (Lipinski definition) is 2. The Labute approximate surface area is 67.1 Å². The molecule has 0 radical (unpaired) electrons. The Kier molecular flexibility index (Phi) is 3.91. The molecule has 0 aromatic heterocycles. The standard InChI is InChI=1S/C8H15NS/c9-6-3-7-10-8-4-1-2-5-8/h1,4,8H,2-3,5-7,9H2. The van der Waals surface area contributed by atoms with Crippen molar-refractivity contribution in [3.05, 3.63) is 12.2 Å². The van der Waals surface area contributed by atoms with Crippen LogP contribution in [-0.4, -0.2) is 17.5 Å². The Balaban J connectivity index is 1.97. The van der Waals surface area contributed by atoms with Gasteiger partial charge in [0.05, 0.1) is 0 Å². The normalized spacial score (nSPS) is 23.9. The molecule has 1 atom stereocenters. The van der Waals surface area contributed by atoms with Crippen molar-refractivity contribution in [3.63, 3.8) is 0 Å². The Bertz CT molecular complexity index is 112. The van der Waals surface area contributed by atoms with Crippen LogP contribution in [0.25, 0.3) is 0 Å². The second-order valence-electron chi connectivity index (χ2n) is 2.56. The van der Waals surface area contributed by atoms with Crippen molar-refractivity contribution in [1.82, 2.24) is 0 Å². The average Bonchev–Trinajstić information content (AvgIpc) is 2.41. The van der Waals surface area contributed by atoms with Gasteiger partial charge in [-0.3, -0.25) is 0 Å². The highest BCUT2D eigenvalue weighted by Gasteiger charge is 2.07. The van der Waals surface area contributed by atoms with Crippen LogP contribution >= 0.6 is 11.8 Å². The lowest BCUT2D eigenvalue weighted by Gasteiger charge is -2.04. The van der Waals surface area contributed by atoms with Crippen molar-refractivity contribution < 1.29 is 0 Å². The van der Waals surface area contributed by atoms with Gasteiger partial charge >= 0.3 is 0 Å². The first-order valence-corrected chi connectivity index (χ1v) is 4.96. The summed E-state index contributed by atoms with van der Waals surface area (Å²) in [4.78, 5) is 0. The topological polar surface area (TPSA) is 26.0 Å². The quantitative estimate of drug-likeness (QED) is 0.497. The van der Waals surface area contributed by atoms with Gasteiger partial charge < -0.3 is 5.73 Å². The van der Waals surface area contributed by atoms with E-state index in [1.165, 1.54) is 18.6 Å². The lowest BCUT2D eigenvalue weighted by molar-refractivity contribution is 0.919.